The summed E-state index contributed by atoms with van der Waals surface area (Å²) in [5, 5.41) is 3.18. The predicted octanol–water partition coefficient (Wildman–Crippen LogP) is 0.340. The van der Waals surface area contributed by atoms with Gasteiger partial charge in [-0.3, -0.25) is 19.4 Å². The van der Waals surface area contributed by atoms with Gasteiger partial charge < -0.3 is 10.2 Å². The lowest BCUT2D eigenvalue weighted by molar-refractivity contribution is -0.138. The van der Waals surface area contributed by atoms with Gasteiger partial charge in [-0.1, -0.05) is 6.92 Å². The number of likely N-dealkylation sites (tertiary alicyclic amines) is 1. The van der Waals surface area contributed by atoms with Gasteiger partial charge >= 0.3 is 0 Å². The Bertz CT molecular complexity index is 474. The number of amides is 2. The van der Waals surface area contributed by atoms with Crippen molar-refractivity contribution >= 4 is 23.6 Å². The molecule has 4 saturated heterocycles. The van der Waals surface area contributed by atoms with Gasteiger partial charge in [0.15, 0.2) is 0 Å². The van der Waals surface area contributed by atoms with Gasteiger partial charge in [0.05, 0.1) is 0 Å². The minimum atomic E-state index is 0.0657. The summed E-state index contributed by atoms with van der Waals surface area (Å²) in [5.41, 5.74) is 0. The fourth-order valence-electron chi connectivity index (χ4n) is 4.28. The predicted molar refractivity (Wildman–Crippen MR) is 102 cm³/mol. The standard InChI is InChI=1S/C18H32N4O2S/c1-14(13-25-2)18(24)22-5-3-15(4-6-22)17(23)19-11-16-12-20-7-9-21(16)10-8-20/h14-16H,3-13H2,1-2H3,(H,19,23). The highest BCUT2D eigenvalue weighted by atomic mass is 32.2. The van der Waals surface area contributed by atoms with Crippen LogP contribution in [0, 0.1) is 11.8 Å². The summed E-state index contributed by atoms with van der Waals surface area (Å²) < 4.78 is 0. The molecule has 0 saturated carbocycles. The average molecular weight is 369 g/mol. The molecule has 4 aliphatic rings. The third-order valence-corrected chi connectivity index (χ3v) is 6.75. The molecule has 2 atom stereocenters. The zero-order chi connectivity index (χ0) is 17.8. The van der Waals surface area contributed by atoms with Gasteiger partial charge in [0.1, 0.15) is 0 Å². The lowest BCUT2D eigenvalue weighted by Crippen LogP contribution is -2.63. The first-order valence-electron chi connectivity index (χ1n) is 9.60. The molecule has 25 heavy (non-hydrogen) atoms. The SMILES string of the molecule is CSCC(C)C(=O)N1CCC(C(=O)NCC2CN3CCN2CC3)CC1. The highest BCUT2D eigenvalue weighted by molar-refractivity contribution is 7.98. The Hall–Kier alpha value is -0.790. The highest BCUT2D eigenvalue weighted by Crippen LogP contribution is 2.20. The molecule has 4 rings (SSSR count). The lowest BCUT2D eigenvalue weighted by atomic mass is 9.95. The Labute approximate surface area is 155 Å². The van der Waals surface area contributed by atoms with E-state index in [-0.39, 0.29) is 23.7 Å². The van der Waals surface area contributed by atoms with Crippen LogP contribution in [0.3, 0.4) is 0 Å². The van der Waals surface area contributed by atoms with Crippen molar-refractivity contribution in [3.63, 3.8) is 0 Å². The van der Waals surface area contributed by atoms with E-state index >= 15 is 0 Å². The summed E-state index contributed by atoms with van der Waals surface area (Å²) in [4.78, 5) is 31.8. The van der Waals surface area contributed by atoms with E-state index in [1.165, 1.54) is 13.1 Å². The number of fused-ring (bicyclic) bond motifs is 3. The number of hydrogen-bond acceptors (Lipinski definition) is 5. The van der Waals surface area contributed by atoms with Crippen molar-refractivity contribution in [2.45, 2.75) is 25.8 Å². The van der Waals surface area contributed by atoms with E-state index in [0.29, 0.717) is 6.04 Å². The van der Waals surface area contributed by atoms with Gasteiger partial charge in [-0.15, -0.1) is 0 Å². The van der Waals surface area contributed by atoms with Gasteiger partial charge in [-0.25, -0.2) is 0 Å². The smallest absolute Gasteiger partial charge is 0.226 e. The van der Waals surface area contributed by atoms with Crippen LogP contribution < -0.4 is 5.32 Å². The molecule has 142 valence electrons. The maximum absolute atomic E-state index is 12.5. The number of carbonyl (C=O) groups excluding carboxylic acids is 2. The lowest BCUT2D eigenvalue weighted by Gasteiger charge is -2.47. The molecule has 2 bridgehead atoms. The largest absolute Gasteiger partial charge is 0.354 e. The molecule has 1 N–H and O–H groups in total. The van der Waals surface area contributed by atoms with Crippen molar-refractivity contribution in [3.05, 3.63) is 0 Å². The zero-order valence-electron chi connectivity index (χ0n) is 15.6. The van der Waals surface area contributed by atoms with Crippen molar-refractivity contribution in [1.82, 2.24) is 20.0 Å². The molecule has 0 aromatic rings. The molecule has 4 heterocycles. The van der Waals surface area contributed by atoms with Gasteiger partial charge in [0.2, 0.25) is 11.8 Å². The molecule has 2 unspecified atom stereocenters. The number of nitrogens with zero attached hydrogens (tertiary/aromatic N) is 3. The fourth-order valence-corrected chi connectivity index (χ4v) is 4.92. The topological polar surface area (TPSA) is 55.9 Å². The van der Waals surface area contributed by atoms with E-state index in [2.05, 4.69) is 15.1 Å². The van der Waals surface area contributed by atoms with Crippen LogP contribution in [0.5, 0.6) is 0 Å². The Balaban J connectivity index is 1.39. The molecule has 0 aliphatic carbocycles. The summed E-state index contributed by atoms with van der Waals surface area (Å²) in [5.74, 6) is 1.44. The summed E-state index contributed by atoms with van der Waals surface area (Å²) in [6, 6.07) is 0.473. The number of thioether (sulfide) groups is 1. The van der Waals surface area contributed by atoms with Gasteiger partial charge in [0, 0.05) is 76.0 Å². The summed E-state index contributed by atoms with van der Waals surface area (Å²) in [6.45, 7) is 9.90. The summed E-state index contributed by atoms with van der Waals surface area (Å²) in [6.07, 6.45) is 3.63. The summed E-state index contributed by atoms with van der Waals surface area (Å²) in [7, 11) is 0. The van der Waals surface area contributed by atoms with E-state index in [1.54, 1.807) is 11.8 Å². The second kappa shape index (κ2) is 8.73. The molecular formula is C18H32N4O2S. The third-order valence-electron chi connectivity index (χ3n) is 5.92. The molecular weight excluding hydrogens is 336 g/mol. The van der Waals surface area contributed by atoms with E-state index in [4.69, 9.17) is 0 Å². The first kappa shape index (κ1) is 19.0. The summed E-state index contributed by atoms with van der Waals surface area (Å²) >= 11 is 1.71. The van der Waals surface area contributed by atoms with Crippen molar-refractivity contribution in [2.24, 2.45) is 11.8 Å². The molecule has 6 nitrogen and oxygen atoms in total. The first-order valence-corrected chi connectivity index (χ1v) is 11.0. The monoisotopic (exact) mass is 368 g/mol. The molecule has 4 aliphatic heterocycles. The Morgan fingerprint density at radius 3 is 2.36 bits per heavy atom. The molecule has 7 heteroatoms. The first-order chi connectivity index (χ1) is 12.1. The minimum Gasteiger partial charge on any atom is -0.354 e. The van der Waals surface area contributed by atoms with Crippen LogP contribution in [0.25, 0.3) is 0 Å². The number of nitrogens with one attached hydrogen (secondary N) is 1. The van der Waals surface area contributed by atoms with Crippen molar-refractivity contribution in [2.75, 3.05) is 64.4 Å². The number of piperazine rings is 3. The normalized spacial score (nSPS) is 31.0. The maximum Gasteiger partial charge on any atom is 0.226 e. The van der Waals surface area contributed by atoms with E-state index in [9.17, 15) is 9.59 Å². The number of rotatable bonds is 6. The number of carbonyl (C=O) groups is 2. The molecule has 0 aromatic heterocycles. The molecule has 0 spiro atoms. The van der Waals surface area contributed by atoms with Crippen LogP contribution in [0.15, 0.2) is 0 Å². The minimum absolute atomic E-state index is 0.0657. The van der Waals surface area contributed by atoms with Crippen LogP contribution in [-0.4, -0.2) is 96.9 Å². The second-order valence-corrected chi connectivity index (χ2v) is 8.60. The molecule has 2 amide bonds. The second-order valence-electron chi connectivity index (χ2n) is 7.69. The maximum atomic E-state index is 12.5. The van der Waals surface area contributed by atoms with Crippen molar-refractivity contribution in [1.29, 1.82) is 0 Å². The van der Waals surface area contributed by atoms with Crippen LogP contribution in [0.2, 0.25) is 0 Å². The molecule has 4 fully saturated rings. The molecule has 0 aromatic carbocycles. The highest BCUT2D eigenvalue weighted by Gasteiger charge is 2.33. The Morgan fingerprint density at radius 1 is 1.12 bits per heavy atom. The van der Waals surface area contributed by atoms with E-state index in [1.807, 2.05) is 18.1 Å². The van der Waals surface area contributed by atoms with E-state index in [0.717, 1.165) is 57.9 Å². The van der Waals surface area contributed by atoms with Crippen LogP contribution in [0.4, 0.5) is 0 Å². The average Bonchev–Trinajstić information content (AvgIpc) is 2.67. The van der Waals surface area contributed by atoms with Crippen LogP contribution in [0.1, 0.15) is 19.8 Å². The van der Waals surface area contributed by atoms with Gasteiger partial charge in [-0.05, 0) is 19.1 Å². The van der Waals surface area contributed by atoms with Crippen LogP contribution in [-0.2, 0) is 9.59 Å². The quantitative estimate of drug-likeness (QED) is 0.733. The third kappa shape index (κ3) is 4.68. The van der Waals surface area contributed by atoms with Crippen molar-refractivity contribution in [3.8, 4) is 0 Å². The van der Waals surface area contributed by atoms with Gasteiger partial charge in [0.25, 0.3) is 0 Å². The zero-order valence-corrected chi connectivity index (χ0v) is 16.4. The van der Waals surface area contributed by atoms with Gasteiger partial charge in [-0.2, -0.15) is 11.8 Å². The number of piperidine rings is 1. The Morgan fingerprint density at radius 2 is 1.80 bits per heavy atom. The van der Waals surface area contributed by atoms with E-state index < -0.39 is 0 Å². The molecule has 0 radical (unpaired) electrons. The Kier molecular flexibility index (Phi) is 6.63. The van der Waals surface area contributed by atoms with Crippen molar-refractivity contribution < 1.29 is 9.59 Å². The fraction of sp³-hybridized carbons (Fsp3) is 0.889. The number of hydrogen-bond donors (Lipinski definition) is 1. The van der Waals surface area contributed by atoms with Crippen LogP contribution >= 0.6 is 11.8 Å².